The SMILES string of the molecule is COc1cc2[nH]c(=S)n(CC3CCCN3C)c2cc1OC. The lowest BCUT2D eigenvalue weighted by atomic mass is 10.2. The van der Waals surface area contributed by atoms with Crippen LogP contribution in [0.5, 0.6) is 11.5 Å². The first-order valence-electron chi connectivity index (χ1n) is 7.19. The van der Waals surface area contributed by atoms with E-state index in [-0.39, 0.29) is 0 Å². The van der Waals surface area contributed by atoms with Crippen molar-refractivity contribution in [2.75, 3.05) is 27.8 Å². The summed E-state index contributed by atoms with van der Waals surface area (Å²) in [6.45, 7) is 2.07. The van der Waals surface area contributed by atoms with Crippen LogP contribution < -0.4 is 9.47 Å². The van der Waals surface area contributed by atoms with Gasteiger partial charge in [0.25, 0.3) is 0 Å². The van der Waals surface area contributed by atoms with E-state index in [1.54, 1.807) is 14.2 Å². The average Bonchev–Trinajstić information content (AvgIpc) is 3.02. The van der Waals surface area contributed by atoms with Gasteiger partial charge in [-0.2, -0.15) is 0 Å². The van der Waals surface area contributed by atoms with Crippen LogP contribution in [0.3, 0.4) is 0 Å². The highest BCUT2D eigenvalue weighted by Gasteiger charge is 2.22. The van der Waals surface area contributed by atoms with E-state index in [9.17, 15) is 0 Å². The van der Waals surface area contributed by atoms with Crippen molar-refractivity contribution in [3.05, 3.63) is 16.9 Å². The molecule has 6 heteroatoms. The highest BCUT2D eigenvalue weighted by atomic mass is 32.1. The fourth-order valence-electron chi connectivity index (χ4n) is 3.09. The molecule has 1 aromatic carbocycles. The van der Waals surface area contributed by atoms with Gasteiger partial charge in [-0.25, -0.2) is 0 Å². The van der Waals surface area contributed by atoms with E-state index in [1.165, 1.54) is 12.8 Å². The van der Waals surface area contributed by atoms with Crippen molar-refractivity contribution in [1.29, 1.82) is 0 Å². The van der Waals surface area contributed by atoms with Gasteiger partial charge in [0.05, 0.1) is 25.3 Å². The second-order valence-electron chi connectivity index (χ2n) is 5.54. The van der Waals surface area contributed by atoms with Crippen LogP contribution in [-0.2, 0) is 6.54 Å². The molecule has 0 aliphatic carbocycles. The van der Waals surface area contributed by atoms with E-state index < -0.39 is 0 Å². The smallest absolute Gasteiger partial charge is 0.178 e. The van der Waals surface area contributed by atoms with Crippen LogP contribution in [0.1, 0.15) is 12.8 Å². The second kappa shape index (κ2) is 5.69. The molecule has 1 N–H and O–H groups in total. The minimum Gasteiger partial charge on any atom is -0.493 e. The maximum Gasteiger partial charge on any atom is 0.178 e. The molecule has 1 aliphatic heterocycles. The number of fused-ring (bicyclic) bond motifs is 1. The van der Waals surface area contributed by atoms with Gasteiger partial charge in [0.15, 0.2) is 16.3 Å². The number of hydrogen-bond acceptors (Lipinski definition) is 4. The van der Waals surface area contributed by atoms with Crippen molar-refractivity contribution >= 4 is 23.3 Å². The molecule has 114 valence electrons. The van der Waals surface area contributed by atoms with Gasteiger partial charge in [-0.1, -0.05) is 0 Å². The first-order chi connectivity index (χ1) is 10.1. The third-order valence-electron chi connectivity index (χ3n) is 4.34. The average molecular weight is 307 g/mol. The Balaban J connectivity index is 2.05. The molecule has 0 bridgehead atoms. The summed E-state index contributed by atoms with van der Waals surface area (Å²) in [6, 6.07) is 4.48. The lowest BCUT2D eigenvalue weighted by Crippen LogP contribution is -2.29. The number of likely N-dealkylation sites (N-methyl/N-ethyl adjacent to an activating group) is 1. The maximum atomic E-state index is 5.49. The Morgan fingerprint density at radius 2 is 2.00 bits per heavy atom. The zero-order chi connectivity index (χ0) is 15.0. The standard InChI is InChI=1S/C15H21N3O2S/c1-17-6-4-5-10(17)9-18-12-8-14(20-3)13(19-2)7-11(12)16-15(18)21/h7-8,10H,4-6,9H2,1-3H3,(H,16,21). The zero-order valence-electron chi connectivity index (χ0n) is 12.7. The summed E-state index contributed by atoms with van der Waals surface area (Å²) in [5, 5.41) is 0. The van der Waals surface area contributed by atoms with Gasteiger partial charge >= 0.3 is 0 Å². The summed E-state index contributed by atoms with van der Waals surface area (Å²) < 4.78 is 13.7. The fraction of sp³-hybridized carbons (Fsp3) is 0.533. The van der Waals surface area contributed by atoms with Crippen molar-refractivity contribution in [2.24, 2.45) is 0 Å². The quantitative estimate of drug-likeness (QED) is 0.882. The van der Waals surface area contributed by atoms with E-state index in [0.29, 0.717) is 11.8 Å². The summed E-state index contributed by atoms with van der Waals surface area (Å²) >= 11 is 5.49. The summed E-state index contributed by atoms with van der Waals surface area (Å²) in [5.74, 6) is 1.44. The van der Waals surface area contributed by atoms with Crippen molar-refractivity contribution in [3.63, 3.8) is 0 Å². The molecular weight excluding hydrogens is 286 g/mol. The maximum absolute atomic E-state index is 5.49. The molecule has 1 saturated heterocycles. The van der Waals surface area contributed by atoms with Gasteiger partial charge in [-0.05, 0) is 38.7 Å². The molecule has 0 saturated carbocycles. The lowest BCUT2D eigenvalue weighted by molar-refractivity contribution is 0.283. The minimum atomic E-state index is 0.545. The molecule has 3 rings (SSSR count). The number of imidazole rings is 1. The third kappa shape index (κ3) is 2.53. The van der Waals surface area contributed by atoms with Crippen molar-refractivity contribution < 1.29 is 9.47 Å². The Bertz CT molecular complexity index is 707. The molecule has 21 heavy (non-hydrogen) atoms. The number of nitrogens with one attached hydrogen (secondary N) is 1. The van der Waals surface area contributed by atoms with Crippen LogP contribution in [0.4, 0.5) is 0 Å². The molecule has 5 nitrogen and oxygen atoms in total. The number of H-pyrrole nitrogens is 1. The molecule has 2 aromatic rings. The van der Waals surface area contributed by atoms with Crippen LogP contribution in [0.25, 0.3) is 11.0 Å². The first-order valence-corrected chi connectivity index (χ1v) is 7.59. The Labute approximate surface area is 129 Å². The van der Waals surface area contributed by atoms with Crippen molar-refractivity contribution in [2.45, 2.75) is 25.4 Å². The van der Waals surface area contributed by atoms with Gasteiger partial charge < -0.3 is 23.9 Å². The Kier molecular flexibility index (Phi) is 3.91. The molecule has 1 unspecified atom stereocenters. The van der Waals surface area contributed by atoms with E-state index in [1.807, 2.05) is 12.1 Å². The molecule has 1 aliphatic rings. The van der Waals surface area contributed by atoms with E-state index in [0.717, 1.165) is 34.6 Å². The molecule has 0 spiro atoms. The van der Waals surface area contributed by atoms with E-state index in [2.05, 4.69) is 21.5 Å². The van der Waals surface area contributed by atoms with Crippen LogP contribution in [0, 0.1) is 4.77 Å². The fourth-order valence-corrected chi connectivity index (χ4v) is 3.37. The van der Waals surface area contributed by atoms with Crippen molar-refractivity contribution in [3.8, 4) is 11.5 Å². The summed E-state index contributed by atoms with van der Waals surface area (Å²) in [4.78, 5) is 5.67. The number of methoxy groups -OCH3 is 2. The van der Waals surface area contributed by atoms with Gasteiger partial charge in [-0.3, -0.25) is 0 Å². The monoisotopic (exact) mass is 307 g/mol. The molecular formula is C15H21N3O2S. The topological polar surface area (TPSA) is 42.4 Å². The molecule has 0 amide bonds. The minimum absolute atomic E-state index is 0.545. The predicted octanol–water partition coefficient (Wildman–Crippen LogP) is 2.81. The summed E-state index contributed by atoms with van der Waals surface area (Å²) in [6.07, 6.45) is 2.48. The summed E-state index contributed by atoms with van der Waals surface area (Å²) in [5.41, 5.74) is 2.05. The highest BCUT2D eigenvalue weighted by molar-refractivity contribution is 7.71. The predicted molar refractivity (Wildman–Crippen MR) is 85.9 cm³/mol. The number of likely N-dealkylation sites (tertiary alicyclic amines) is 1. The number of rotatable bonds is 4. The molecule has 1 aromatic heterocycles. The largest absolute Gasteiger partial charge is 0.493 e. The first kappa shape index (κ1) is 14.4. The zero-order valence-corrected chi connectivity index (χ0v) is 13.5. The van der Waals surface area contributed by atoms with Gasteiger partial charge in [-0.15, -0.1) is 0 Å². The molecule has 1 fully saturated rings. The van der Waals surface area contributed by atoms with Crippen LogP contribution in [0.2, 0.25) is 0 Å². The molecule has 0 radical (unpaired) electrons. The van der Waals surface area contributed by atoms with Crippen LogP contribution in [-0.4, -0.2) is 48.3 Å². The number of aromatic amines is 1. The number of nitrogens with zero attached hydrogens (tertiary/aromatic N) is 2. The molecule has 2 heterocycles. The highest BCUT2D eigenvalue weighted by Crippen LogP contribution is 2.32. The number of hydrogen-bond donors (Lipinski definition) is 1. The number of ether oxygens (including phenoxy) is 2. The Morgan fingerprint density at radius 3 is 2.62 bits per heavy atom. The Hall–Kier alpha value is -1.53. The van der Waals surface area contributed by atoms with Gasteiger partial charge in [0.2, 0.25) is 0 Å². The summed E-state index contributed by atoms with van der Waals surface area (Å²) in [7, 11) is 5.47. The van der Waals surface area contributed by atoms with Crippen LogP contribution >= 0.6 is 12.2 Å². The normalized spacial score (nSPS) is 19.3. The number of benzene rings is 1. The Morgan fingerprint density at radius 1 is 1.29 bits per heavy atom. The van der Waals surface area contributed by atoms with Gasteiger partial charge in [0, 0.05) is 24.7 Å². The van der Waals surface area contributed by atoms with E-state index >= 15 is 0 Å². The number of aromatic nitrogens is 2. The lowest BCUT2D eigenvalue weighted by Gasteiger charge is -2.20. The second-order valence-corrected chi connectivity index (χ2v) is 5.93. The van der Waals surface area contributed by atoms with Crippen molar-refractivity contribution in [1.82, 2.24) is 14.5 Å². The van der Waals surface area contributed by atoms with Crippen LogP contribution in [0.15, 0.2) is 12.1 Å². The molecule has 1 atom stereocenters. The third-order valence-corrected chi connectivity index (χ3v) is 4.67. The van der Waals surface area contributed by atoms with E-state index in [4.69, 9.17) is 21.7 Å². The van der Waals surface area contributed by atoms with Gasteiger partial charge in [0.1, 0.15) is 0 Å².